The SMILES string of the molecule is CN=C(NCCc1cccc(F)c1)NCc1ccc(S(=O)(=O)NC)cc1. The van der Waals surface area contributed by atoms with Crippen molar-refractivity contribution in [2.45, 2.75) is 17.9 Å². The summed E-state index contributed by atoms with van der Waals surface area (Å²) in [5, 5.41) is 6.32. The number of rotatable bonds is 7. The maximum Gasteiger partial charge on any atom is 0.240 e. The van der Waals surface area contributed by atoms with E-state index in [1.165, 1.54) is 19.2 Å². The van der Waals surface area contributed by atoms with Gasteiger partial charge in [-0.2, -0.15) is 0 Å². The molecular formula is C18H23FN4O2S. The van der Waals surface area contributed by atoms with Gasteiger partial charge < -0.3 is 10.6 Å². The minimum absolute atomic E-state index is 0.223. The summed E-state index contributed by atoms with van der Waals surface area (Å²) in [5.74, 6) is 0.377. The molecule has 0 saturated carbocycles. The summed E-state index contributed by atoms with van der Waals surface area (Å²) in [4.78, 5) is 4.36. The summed E-state index contributed by atoms with van der Waals surface area (Å²) in [6.07, 6.45) is 0.676. The van der Waals surface area contributed by atoms with Gasteiger partial charge in [-0.3, -0.25) is 4.99 Å². The number of hydrogen-bond acceptors (Lipinski definition) is 3. The van der Waals surface area contributed by atoms with Gasteiger partial charge in [0.25, 0.3) is 0 Å². The van der Waals surface area contributed by atoms with E-state index in [4.69, 9.17) is 0 Å². The van der Waals surface area contributed by atoms with Gasteiger partial charge in [-0.25, -0.2) is 17.5 Å². The van der Waals surface area contributed by atoms with Crippen LogP contribution in [0, 0.1) is 5.82 Å². The van der Waals surface area contributed by atoms with Crippen LogP contribution in [-0.4, -0.2) is 35.0 Å². The first kappa shape index (κ1) is 19.9. The molecule has 0 atom stereocenters. The van der Waals surface area contributed by atoms with E-state index in [0.29, 0.717) is 25.5 Å². The molecule has 3 N–H and O–H groups in total. The third-order valence-corrected chi connectivity index (χ3v) is 5.21. The third kappa shape index (κ3) is 5.82. The molecule has 0 saturated heterocycles. The minimum Gasteiger partial charge on any atom is -0.356 e. The zero-order chi connectivity index (χ0) is 19.0. The van der Waals surface area contributed by atoms with Crippen molar-refractivity contribution in [2.24, 2.45) is 4.99 Å². The highest BCUT2D eigenvalue weighted by Gasteiger charge is 2.10. The fourth-order valence-corrected chi connectivity index (χ4v) is 3.06. The van der Waals surface area contributed by atoms with Crippen LogP contribution in [0.15, 0.2) is 58.4 Å². The average molecular weight is 378 g/mol. The van der Waals surface area contributed by atoms with Crippen LogP contribution in [0.5, 0.6) is 0 Å². The molecule has 140 valence electrons. The van der Waals surface area contributed by atoms with E-state index in [0.717, 1.165) is 11.1 Å². The van der Waals surface area contributed by atoms with Crippen molar-refractivity contribution in [2.75, 3.05) is 20.6 Å². The molecule has 26 heavy (non-hydrogen) atoms. The molecule has 0 bridgehead atoms. The monoisotopic (exact) mass is 378 g/mol. The molecule has 2 aromatic rings. The second-order valence-corrected chi connectivity index (χ2v) is 7.47. The molecule has 0 radical (unpaired) electrons. The van der Waals surface area contributed by atoms with Crippen LogP contribution >= 0.6 is 0 Å². The molecule has 0 amide bonds. The van der Waals surface area contributed by atoms with E-state index in [1.807, 2.05) is 6.07 Å². The van der Waals surface area contributed by atoms with Gasteiger partial charge in [-0.05, 0) is 48.9 Å². The Morgan fingerprint density at radius 1 is 1.08 bits per heavy atom. The first-order valence-corrected chi connectivity index (χ1v) is 9.64. The standard InChI is InChI=1S/C18H23FN4O2S/c1-20-18(22-11-10-14-4-3-5-16(19)12-14)23-13-15-6-8-17(9-7-15)26(24,25)21-2/h3-9,12,21H,10-11,13H2,1-2H3,(H2,20,22,23). The molecule has 0 unspecified atom stereocenters. The molecule has 0 aromatic heterocycles. The van der Waals surface area contributed by atoms with Gasteiger partial charge in [0.2, 0.25) is 10.0 Å². The number of guanidine groups is 1. The number of sulfonamides is 1. The normalized spacial score (nSPS) is 12.0. The lowest BCUT2D eigenvalue weighted by Crippen LogP contribution is -2.37. The minimum atomic E-state index is -3.43. The van der Waals surface area contributed by atoms with E-state index in [9.17, 15) is 12.8 Å². The van der Waals surface area contributed by atoms with E-state index >= 15 is 0 Å². The molecule has 0 spiro atoms. The quantitative estimate of drug-likeness (QED) is 0.505. The van der Waals surface area contributed by atoms with Gasteiger partial charge >= 0.3 is 0 Å². The van der Waals surface area contributed by atoms with Crippen molar-refractivity contribution in [1.82, 2.24) is 15.4 Å². The summed E-state index contributed by atoms with van der Waals surface area (Å²) >= 11 is 0. The van der Waals surface area contributed by atoms with Crippen LogP contribution < -0.4 is 15.4 Å². The predicted molar refractivity (Wildman–Crippen MR) is 101 cm³/mol. The van der Waals surface area contributed by atoms with Crippen LogP contribution in [0.3, 0.4) is 0 Å². The lowest BCUT2D eigenvalue weighted by Gasteiger charge is -2.12. The second kappa shape index (κ2) is 9.30. The van der Waals surface area contributed by atoms with Crippen molar-refractivity contribution in [1.29, 1.82) is 0 Å². The fraction of sp³-hybridized carbons (Fsp3) is 0.278. The molecule has 0 aliphatic carbocycles. The Morgan fingerprint density at radius 2 is 1.81 bits per heavy atom. The second-order valence-electron chi connectivity index (χ2n) is 5.58. The summed E-state index contributed by atoms with van der Waals surface area (Å²) in [6.45, 7) is 1.11. The van der Waals surface area contributed by atoms with Crippen LogP contribution in [0.25, 0.3) is 0 Å². The van der Waals surface area contributed by atoms with Gasteiger partial charge in [0, 0.05) is 20.1 Å². The topological polar surface area (TPSA) is 82.6 Å². The van der Waals surface area contributed by atoms with Crippen LogP contribution in [0.2, 0.25) is 0 Å². The molecule has 2 rings (SSSR count). The molecular weight excluding hydrogens is 355 g/mol. The zero-order valence-electron chi connectivity index (χ0n) is 14.8. The van der Waals surface area contributed by atoms with Gasteiger partial charge in [0.1, 0.15) is 5.82 Å². The number of aliphatic imine (C=N–C) groups is 1. The Bertz CT molecular complexity index is 852. The molecule has 0 aliphatic rings. The molecule has 0 heterocycles. The molecule has 2 aromatic carbocycles. The van der Waals surface area contributed by atoms with Crippen LogP contribution in [0.1, 0.15) is 11.1 Å². The highest BCUT2D eigenvalue weighted by molar-refractivity contribution is 7.89. The van der Waals surface area contributed by atoms with Crippen molar-refractivity contribution in [3.8, 4) is 0 Å². The van der Waals surface area contributed by atoms with Gasteiger partial charge in [0.15, 0.2) is 5.96 Å². The largest absolute Gasteiger partial charge is 0.356 e. The molecule has 0 fully saturated rings. The average Bonchev–Trinajstić information content (AvgIpc) is 2.65. The fourth-order valence-electron chi connectivity index (χ4n) is 2.33. The van der Waals surface area contributed by atoms with Crippen molar-refractivity contribution >= 4 is 16.0 Å². The smallest absolute Gasteiger partial charge is 0.240 e. The lowest BCUT2D eigenvalue weighted by molar-refractivity contribution is 0.588. The van der Waals surface area contributed by atoms with E-state index in [-0.39, 0.29) is 10.7 Å². The van der Waals surface area contributed by atoms with Crippen molar-refractivity contribution in [3.05, 3.63) is 65.5 Å². The van der Waals surface area contributed by atoms with E-state index in [1.54, 1.807) is 37.4 Å². The van der Waals surface area contributed by atoms with Gasteiger partial charge in [-0.1, -0.05) is 24.3 Å². The van der Waals surface area contributed by atoms with Crippen LogP contribution in [0.4, 0.5) is 4.39 Å². The van der Waals surface area contributed by atoms with Crippen molar-refractivity contribution < 1.29 is 12.8 Å². The Morgan fingerprint density at radius 3 is 2.42 bits per heavy atom. The third-order valence-electron chi connectivity index (χ3n) is 3.78. The summed E-state index contributed by atoms with van der Waals surface area (Å²) in [5.41, 5.74) is 1.84. The summed E-state index contributed by atoms with van der Waals surface area (Å²) < 4.78 is 38.8. The first-order valence-electron chi connectivity index (χ1n) is 8.16. The zero-order valence-corrected chi connectivity index (χ0v) is 15.6. The lowest BCUT2D eigenvalue weighted by atomic mass is 10.1. The first-order chi connectivity index (χ1) is 12.4. The predicted octanol–water partition coefficient (Wildman–Crippen LogP) is 1.64. The molecule has 6 nitrogen and oxygen atoms in total. The molecule has 0 aliphatic heterocycles. The maximum absolute atomic E-state index is 13.2. The number of nitrogens with one attached hydrogen (secondary N) is 3. The highest BCUT2D eigenvalue weighted by Crippen LogP contribution is 2.10. The maximum atomic E-state index is 13.2. The van der Waals surface area contributed by atoms with Gasteiger partial charge in [0.05, 0.1) is 4.90 Å². The molecule has 8 heteroatoms. The Kier molecular flexibility index (Phi) is 7.11. The Labute approximate surface area is 153 Å². The highest BCUT2D eigenvalue weighted by atomic mass is 32.2. The summed E-state index contributed by atoms with van der Waals surface area (Å²) in [7, 11) is -0.380. The number of halogens is 1. The Balaban J connectivity index is 1.83. The summed E-state index contributed by atoms with van der Waals surface area (Å²) in [6, 6.07) is 13.1. The Hall–Kier alpha value is -2.45. The van der Waals surface area contributed by atoms with Crippen LogP contribution in [-0.2, 0) is 23.0 Å². The van der Waals surface area contributed by atoms with E-state index < -0.39 is 10.0 Å². The van der Waals surface area contributed by atoms with Crippen molar-refractivity contribution in [3.63, 3.8) is 0 Å². The van der Waals surface area contributed by atoms with E-state index in [2.05, 4.69) is 20.3 Å². The number of nitrogens with zero attached hydrogens (tertiary/aromatic N) is 1. The number of benzene rings is 2. The number of hydrogen-bond donors (Lipinski definition) is 3. The van der Waals surface area contributed by atoms with Gasteiger partial charge in [-0.15, -0.1) is 0 Å².